The monoisotopic (exact) mass is 253 g/mol. The molecule has 0 saturated carbocycles. The highest BCUT2D eigenvalue weighted by atomic mass is 16.5. The smallest absolute Gasteiger partial charge is 0.177 e. The van der Waals surface area contributed by atoms with E-state index in [1.807, 2.05) is 48.5 Å². The lowest BCUT2D eigenvalue weighted by atomic mass is 10.00. The lowest BCUT2D eigenvalue weighted by molar-refractivity contribution is 0.0981. The standard InChI is InChI=1S/C16H15NO2/c18-16-10-17-9-13-6-7-14(8-15(13)16)19-11-12-4-2-1-3-5-12/h1-8,17H,9-11H2. The Bertz CT molecular complexity index is 593. The van der Waals surface area contributed by atoms with Crippen LogP contribution in [0.2, 0.25) is 0 Å². The third-order valence-electron chi connectivity index (χ3n) is 3.23. The molecule has 0 saturated heterocycles. The Hall–Kier alpha value is -2.13. The van der Waals surface area contributed by atoms with Gasteiger partial charge in [-0.3, -0.25) is 4.79 Å². The predicted molar refractivity (Wildman–Crippen MR) is 73.3 cm³/mol. The Labute approximate surface area is 112 Å². The number of nitrogens with one attached hydrogen (secondary N) is 1. The summed E-state index contributed by atoms with van der Waals surface area (Å²) in [5.41, 5.74) is 2.95. The van der Waals surface area contributed by atoms with Crippen LogP contribution in [-0.4, -0.2) is 12.3 Å². The van der Waals surface area contributed by atoms with E-state index in [4.69, 9.17) is 4.74 Å². The summed E-state index contributed by atoms with van der Waals surface area (Å²) < 4.78 is 5.73. The minimum absolute atomic E-state index is 0.131. The van der Waals surface area contributed by atoms with Gasteiger partial charge in [0.25, 0.3) is 0 Å². The number of rotatable bonds is 3. The summed E-state index contributed by atoms with van der Waals surface area (Å²) in [6.45, 7) is 1.68. The lowest BCUT2D eigenvalue weighted by Gasteiger charge is -2.17. The van der Waals surface area contributed by atoms with Crippen molar-refractivity contribution >= 4 is 5.78 Å². The molecular formula is C16H15NO2. The summed E-state index contributed by atoms with van der Waals surface area (Å²) in [5, 5.41) is 3.08. The summed E-state index contributed by atoms with van der Waals surface area (Å²) in [6.07, 6.45) is 0. The van der Waals surface area contributed by atoms with Crippen LogP contribution in [0, 0.1) is 0 Å². The van der Waals surface area contributed by atoms with E-state index in [0.29, 0.717) is 13.2 Å². The van der Waals surface area contributed by atoms with Crippen LogP contribution in [0.1, 0.15) is 21.5 Å². The fraction of sp³-hybridized carbons (Fsp3) is 0.188. The Kier molecular flexibility index (Phi) is 3.29. The Morgan fingerprint density at radius 1 is 1.05 bits per heavy atom. The average molecular weight is 253 g/mol. The number of hydrogen-bond donors (Lipinski definition) is 1. The molecule has 1 N–H and O–H groups in total. The normalized spacial score (nSPS) is 14.0. The average Bonchev–Trinajstić information content (AvgIpc) is 2.47. The molecule has 3 rings (SSSR count). The Morgan fingerprint density at radius 2 is 1.89 bits per heavy atom. The fourth-order valence-corrected chi connectivity index (χ4v) is 2.21. The highest BCUT2D eigenvalue weighted by Gasteiger charge is 2.16. The molecule has 1 aliphatic rings. The number of ketones is 1. The second kappa shape index (κ2) is 5.24. The molecule has 2 aromatic carbocycles. The van der Waals surface area contributed by atoms with E-state index < -0.39 is 0 Å². The lowest BCUT2D eigenvalue weighted by Crippen LogP contribution is -2.29. The quantitative estimate of drug-likeness (QED) is 0.913. The summed E-state index contributed by atoms with van der Waals surface area (Å²) >= 11 is 0. The van der Waals surface area contributed by atoms with Gasteiger partial charge in [0.2, 0.25) is 0 Å². The van der Waals surface area contributed by atoms with Crippen LogP contribution in [0.5, 0.6) is 5.75 Å². The third kappa shape index (κ3) is 2.66. The summed E-state index contributed by atoms with van der Waals surface area (Å²) in [4.78, 5) is 11.8. The molecule has 0 amide bonds. The topological polar surface area (TPSA) is 38.3 Å². The van der Waals surface area contributed by atoms with Crippen molar-refractivity contribution in [2.45, 2.75) is 13.2 Å². The molecule has 0 spiro atoms. The molecular weight excluding hydrogens is 238 g/mol. The van der Waals surface area contributed by atoms with Crippen LogP contribution in [0.15, 0.2) is 48.5 Å². The first kappa shape index (κ1) is 11.9. The zero-order valence-electron chi connectivity index (χ0n) is 10.6. The molecule has 0 fully saturated rings. The van der Waals surface area contributed by atoms with E-state index in [1.165, 1.54) is 0 Å². The molecule has 1 heterocycles. The number of fused-ring (bicyclic) bond motifs is 1. The molecule has 0 radical (unpaired) electrons. The molecule has 2 aromatic rings. The number of carbonyl (C=O) groups is 1. The first-order valence-corrected chi connectivity index (χ1v) is 6.36. The van der Waals surface area contributed by atoms with E-state index in [2.05, 4.69) is 5.32 Å². The van der Waals surface area contributed by atoms with Crippen molar-refractivity contribution in [3.8, 4) is 5.75 Å². The largest absolute Gasteiger partial charge is 0.489 e. The molecule has 0 unspecified atom stereocenters. The van der Waals surface area contributed by atoms with Gasteiger partial charge in [0.15, 0.2) is 5.78 Å². The number of hydrogen-bond acceptors (Lipinski definition) is 3. The SMILES string of the molecule is O=C1CNCc2ccc(OCc3ccccc3)cc21. The van der Waals surface area contributed by atoms with Crippen molar-refractivity contribution < 1.29 is 9.53 Å². The highest BCUT2D eigenvalue weighted by Crippen LogP contribution is 2.21. The van der Waals surface area contributed by atoms with Crippen molar-refractivity contribution in [1.82, 2.24) is 5.32 Å². The molecule has 3 heteroatoms. The summed E-state index contributed by atoms with van der Waals surface area (Å²) in [5.74, 6) is 0.879. The van der Waals surface area contributed by atoms with E-state index in [0.717, 1.165) is 29.0 Å². The van der Waals surface area contributed by atoms with Crippen LogP contribution >= 0.6 is 0 Å². The van der Waals surface area contributed by atoms with Crippen LogP contribution in [-0.2, 0) is 13.2 Å². The highest BCUT2D eigenvalue weighted by molar-refractivity contribution is 6.00. The number of benzene rings is 2. The van der Waals surface area contributed by atoms with Crippen LogP contribution in [0.3, 0.4) is 0 Å². The van der Waals surface area contributed by atoms with Crippen LogP contribution in [0.25, 0.3) is 0 Å². The van der Waals surface area contributed by atoms with Gasteiger partial charge in [-0.25, -0.2) is 0 Å². The summed E-state index contributed by atoms with van der Waals surface area (Å²) in [7, 11) is 0. The van der Waals surface area contributed by atoms with Gasteiger partial charge in [-0.15, -0.1) is 0 Å². The number of carbonyl (C=O) groups excluding carboxylic acids is 1. The van der Waals surface area contributed by atoms with Crippen molar-refractivity contribution in [3.63, 3.8) is 0 Å². The predicted octanol–water partition coefficient (Wildman–Crippen LogP) is 2.55. The van der Waals surface area contributed by atoms with Gasteiger partial charge in [-0.1, -0.05) is 36.4 Å². The number of ether oxygens (including phenoxy) is 1. The van der Waals surface area contributed by atoms with Gasteiger partial charge >= 0.3 is 0 Å². The van der Waals surface area contributed by atoms with E-state index in [9.17, 15) is 4.79 Å². The zero-order chi connectivity index (χ0) is 13.1. The number of Topliss-reactive ketones (excluding diaryl/α,β-unsaturated/α-hetero) is 1. The Balaban J connectivity index is 1.75. The van der Waals surface area contributed by atoms with Crippen molar-refractivity contribution in [2.75, 3.05) is 6.54 Å². The first-order valence-electron chi connectivity index (χ1n) is 6.36. The second-order valence-corrected chi connectivity index (χ2v) is 4.62. The van der Waals surface area contributed by atoms with Crippen molar-refractivity contribution in [1.29, 1.82) is 0 Å². The molecule has 1 aliphatic heterocycles. The molecule has 3 nitrogen and oxygen atoms in total. The van der Waals surface area contributed by atoms with Gasteiger partial charge in [0, 0.05) is 12.1 Å². The van der Waals surface area contributed by atoms with Crippen molar-refractivity contribution in [3.05, 3.63) is 65.2 Å². The van der Waals surface area contributed by atoms with E-state index in [-0.39, 0.29) is 5.78 Å². The van der Waals surface area contributed by atoms with E-state index >= 15 is 0 Å². The zero-order valence-corrected chi connectivity index (χ0v) is 10.6. The van der Waals surface area contributed by atoms with Gasteiger partial charge in [-0.05, 0) is 23.3 Å². The van der Waals surface area contributed by atoms with Gasteiger partial charge in [0.1, 0.15) is 12.4 Å². The maximum atomic E-state index is 11.8. The minimum atomic E-state index is 0.131. The maximum absolute atomic E-state index is 11.8. The van der Waals surface area contributed by atoms with Crippen LogP contribution < -0.4 is 10.1 Å². The Morgan fingerprint density at radius 3 is 2.74 bits per heavy atom. The second-order valence-electron chi connectivity index (χ2n) is 4.62. The maximum Gasteiger partial charge on any atom is 0.177 e. The van der Waals surface area contributed by atoms with Gasteiger partial charge in [0.05, 0.1) is 6.54 Å². The molecule has 0 atom stereocenters. The minimum Gasteiger partial charge on any atom is -0.489 e. The molecule has 19 heavy (non-hydrogen) atoms. The molecule has 0 aromatic heterocycles. The fourth-order valence-electron chi connectivity index (χ4n) is 2.21. The first-order chi connectivity index (χ1) is 9.33. The van der Waals surface area contributed by atoms with Crippen LogP contribution in [0.4, 0.5) is 0 Å². The molecule has 96 valence electrons. The third-order valence-corrected chi connectivity index (χ3v) is 3.23. The summed E-state index contributed by atoms with van der Waals surface area (Å²) in [6, 6.07) is 15.7. The van der Waals surface area contributed by atoms with Crippen molar-refractivity contribution in [2.24, 2.45) is 0 Å². The molecule has 0 bridgehead atoms. The van der Waals surface area contributed by atoms with E-state index in [1.54, 1.807) is 0 Å². The van der Waals surface area contributed by atoms with Gasteiger partial charge < -0.3 is 10.1 Å². The molecule has 0 aliphatic carbocycles. The van der Waals surface area contributed by atoms with Gasteiger partial charge in [-0.2, -0.15) is 0 Å².